The van der Waals surface area contributed by atoms with Crippen molar-refractivity contribution >= 4 is 11.9 Å². The highest BCUT2D eigenvalue weighted by atomic mass is 16.6. The van der Waals surface area contributed by atoms with Crippen LogP contribution in [0, 0.1) is 0 Å². The normalized spacial score (nSPS) is 16.2. The number of ether oxygens (including phenoxy) is 1. The Kier molecular flexibility index (Phi) is 3.28. The molecule has 1 aliphatic heterocycles. The Morgan fingerprint density at radius 1 is 1.21 bits per heavy atom. The molecule has 0 N–H and O–H groups in total. The summed E-state index contributed by atoms with van der Waals surface area (Å²) >= 11 is 0. The molecule has 0 radical (unpaired) electrons. The van der Waals surface area contributed by atoms with Crippen LogP contribution in [0.1, 0.15) is 33.6 Å². The van der Waals surface area contributed by atoms with E-state index >= 15 is 0 Å². The van der Waals surface area contributed by atoms with Gasteiger partial charge in [-0.1, -0.05) is 13.8 Å². The predicted octanol–water partition coefficient (Wildman–Crippen LogP) is 1.42. The number of hydrogen-bond donors (Lipinski definition) is 0. The van der Waals surface area contributed by atoms with Gasteiger partial charge in [-0.25, -0.2) is 4.79 Å². The standard InChI is InChI=1S/C10H15NO3/c1-4-7(5-2)9-11(6-3)8(12)10(13)14-9/h4-6H2,1-3H3. The number of amides is 1. The number of hydrogen-bond acceptors (Lipinski definition) is 3. The van der Waals surface area contributed by atoms with Crippen LogP contribution in [0.2, 0.25) is 0 Å². The molecule has 1 aliphatic rings. The lowest BCUT2D eigenvalue weighted by molar-refractivity contribution is -0.147. The fraction of sp³-hybridized carbons (Fsp3) is 0.600. The highest BCUT2D eigenvalue weighted by Gasteiger charge is 2.36. The van der Waals surface area contributed by atoms with Crippen LogP contribution in [0.25, 0.3) is 0 Å². The minimum absolute atomic E-state index is 0.451. The lowest BCUT2D eigenvalue weighted by Crippen LogP contribution is -2.26. The maximum absolute atomic E-state index is 11.3. The third-order valence-electron chi connectivity index (χ3n) is 2.33. The van der Waals surface area contributed by atoms with Crippen molar-refractivity contribution in [2.45, 2.75) is 33.6 Å². The molecule has 4 nitrogen and oxygen atoms in total. The van der Waals surface area contributed by atoms with Crippen molar-refractivity contribution in [1.82, 2.24) is 4.90 Å². The van der Waals surface area contributed by atoms with Crippen molar-refractivity contribution in [3.8, 4) is 0 Å². The number of nitrogens with zero attached hydrogens (tertiary/aromatic N) is 1. The highest BCUT2D eigenvalue weighted by molar-refractivity contribution is 6.34. The monoisotopic (exact) mass is 197 g/mol. The van der Waals surface area contributed by atoms with E-state index in [1.807, 2.05) is 20.8 Å². The highest BCUT2D eigenvalue weighted by Crippen LogP contribution is 2.23. The van der Waals surface area contributed by atoms with Crippen LogP contribution in [0.5, 0.6) is 0 Å². The summed E-state index contributed by atoms with van der Waals surface area (Å²) in [5.74, 6) is -0.865. The van der Waals surface area contributed by atoms with Gasteiger partial charge in [0, 0.05) is 6.54 Å². The SMILES string of the molecule is CCC(CC)=C1OC(=O)C(=O)N1CC. The van der Waals surface area contributed by atoms with Gasteiger partial charge < -0.3 is 4.74 Å². The fourth-order valence-corrected chi connectivity index (χ4v) is 1.49. The largest absolute Gasteiger partial charge is 0.404 e. The number of rotatable bonds is 3. The van der Waals surface area contributed by atoms with Gasteiger partial charge in [-0.15, -0.1) is 0 Å². The van der Waals surface area contributed by atoms with Crippen molar-refractivity contribution in [3.63, 3.8) is 0 Å². The van der Waals surface area contributed by atoms with E-state index in [0.717, 1.165) is 18.4 Å². The van der Waals surface area contributed by atoms with Gasteiger partial charge in [0.1, 0.15) is 0 Å². The molecule has 78 valence electrons. The van der Waals surface area contributed by atoms with E-state index in [1.54, 1.807) is 0 Å². The van der Waals surface area contributed by atoms with Crippen LogP contribution in [-0.2, 0) is 14.3 Å². The maximum atomic E-state index is 11.3. The summed E-state index contributed by atoms with van der Waals surface area (Å²) in [7, 11) is 0. The van der Waals surface area contributed by atoms with Crippen molar-refractivity contribution in [2.75, 3.05) is 6.54 Å². The molecule has 1 amide bonds. The topological polar surface area (TPSA) is 46.6 Å². The Bertz CT molecular complexity index is 288. The van der Waals surface area contributed by atoms with E-state index in [1.165, 1.54) is 4.90 Å². The molecule has 1 rings (SSSR count). The van der Waals surface area contributed by atoms with E-state index in [9.17, 15) is 9.59 Å². The van der Waals surface area contributed by atoms with E-state index in [4.69, 9.17) is 4.74 Å². The van der Waals surface area contributed by atoms with Crippen LogP contribution in [-0.4, -0.2) is 23.3 Å². The molecule has 0 aromatic carbocycles. The van der Waals surface area contributed by atoms with E-state index < -0.39 is 11.9 Å². The molecule has 0 unspecified atom stereocenters. The van der Waals surface area contributed by atoms with Crippen molar-refractivity contribution in [3.05, 3.63) is 11.5 Å². The smallest absolute Gasteiger partial charge is 0.402 e. The molecular weight excluding hydrogens is 182 g/mol. The first kappa shape index (κ1) is 10.8. The van der Waals surface area contributed by atoms with E-state index in [-0.39, 0.29) is 0 Å². The Balaban J connectivity index is 3.05. The summed E-state index contributed by atoms with van der Waals surface area (Å²) in [5.41, 5.74) is 1.01. The van der Waals surface area contributed by atoms with Crippen molar-refractivity contribution in [1.29, 1.82) is 0 Å². The Hall–Kier alpha value is -1.32. The number of esters is 1. The van der Waals surface area contributed by atoms with Crippen molar-refractivity contribution in [2.24, 2.45) is 0 Å². The summed E-state index contributed by atoms with van der Waals surface area (Å²) in [6.07, 6.45) is 1.59. The molecular formula is C10H15NO3. The second kappa shape index (κ2) is 4.26. The molecule has 4 heteroatoms. The fourth-order valence-electron chi connectivity index (χ4n) is 1.49. The molecule has 0 aliphatic carbocycles. The van der Waals surface area contributed by atoms with E-state index in [0.29, 0.717) is 12.4 Å². The first-order valence-corrected chi connectivity index (χ1v) is 4.91. The zero-order valence-corrected chi connectivity index (χ0v) is 8.79. The molecule has 1 saturated heterocycles. The molecule has 14 heavy (non-hydrogen) atoms. The molecule has 0 spiro atoms. The maximum Gasteiger partial charge on any atom is 0.404 e. The molecule has 0 aromatic rings. The average molecular weight is 197 g/mol. The lowest BCUT2D eigenvalue weighted by Gasteiger charge is -2.14. The third kappa shape index (κ3) is 1.64. The Morgan fingerprint density at radius 3 is 2.21 bits per heavy atom. The van der Waals surface area contributed by atoms with Crippen LogP contribution in [0.3, 0.4) is 0 Å². The van der Waals surface area contributed by atoms with E-state index in [2.05, 4.69) is 0 Å². The Morgan fingerprint density at radius 2 is 1.79 bits per heavy atom. The minimum atomic E-state index is -0.763. The summed E-state index contributed by atoms with van der Waals surface area (Å²) in [6.45, 7) is 6.26. The van der Waals surface area contributed by atoms with Crippen molar-refractivity contribution < 1.29 is 14.3 Å². The molecule has 0 aromatic heterocycles. The predicted molar refractivity (Wildman–Crippen MR) is 51.1 cm³/mol. The summed E-state index contributed by atoms with van der Waals surface area (Å²) in [5, 5.41) is 0. The molecule has 0 atom stereocenters. The molecule has 0 bridgehead atoms. The first-order valence-electron chi connectivity index (χ1n) is 4.91. The number of carbonyl (C=O) groups is 2. The molecule has 1 fully saturated rings. The van der Waals surface area contributed by atoms with Crippen LogP contribution in [0.15, 0.2) is 11.5 Å². The molecule has 1 heterocycles. The van der Waals surface area contributed by atoms with Gasteiger partial charge >= 0.3 is 11.9 Å². The second-order valence-electron chi connectivity index (χ2n) is 3.05. The Labute approximate surface area is 83.5 Å². The lowest BCUT2D eigenvalue weighted by atomic mass is 10.1. The second-order valence-corrected chi connectivity index (χ2v) is 3.05. The average Bonchev–Trinajstić information content (AvgIpc) is 2.45. The number of carbonyl (C=O) groups excluding carboxylic acids is 2. The summed E-state index contributed by atoms with van der Waals surface area (Å²) in [4.78, 5) is 23.7. The van der Waals surface area contributed by atoms with Gasteiger partial charge in [-0.2, -0.15) is 0 Å². The van der Waals surface area contributed by atoms with Crippen LogP contribution in [0.4, 0.5) is 0 Å². The van der Waals surface area contributed by atoms with Gasteiger partial charge in [-0.05, 0) is 25.3 Å². The number of cyclic esters (lactones) is 1. The summed E-state index contributed by atoms with van der Waals surface area (Å²) < 4.78 is 4.94. The van der Waals surface area contributed by atoms with Gasteiger partial charge in [0.15, 0.2) is 0 Å². The van der Waals surface area contributed by atoms with Crippen LogP contribution < -0.4 is 0 Å². The first-order chi connectivity index (χ1) is 6.65. The zero-order chi connectivity index (χ0) is 10.7. The molecule has 0 saturated carbocycles. The third-order valence-corrected chi connectivity index (χ3v) is 2.33. The van der Waals surface area contributed by atoms with Gasteiger partial charge in [-0.3, -0.25) is 9.69 Å². The van der Waals surface area contributed by atoms with Gasteiger partial charge in [0.05, 0.1) is 0 Å². The quantitative estimate of drug-likeness (QED) is 0.508. The van der Waals surface area contributed by atoms with Crippen LogP contribution >= 0.6 is 0 Å². The number of likely N-dealkylation sites (N-methyl/N-ethyl adjacent to an activating group) is 1. The zero-order valence-electron chi connectivity index (χ0n) is 8.79. The van der Waals surface area contributed by atoms with Gasteiger partial charge in [0.25, 0.3) is 0 Å². The number of allylic oxidation sites excluding steroid dienone is 1. The summed E-state index contributed by atoms with van der Waals surface area (Å²) in [6, 6.07) is 0. The van der Waals surface area contributed by atoms with Gasteiger partial charge in [0.2, 0.25) is 5.88 Å². The minimum Gasteiger partial charge on any atom is -0.402 e.